The molecule has 0 aliphatic carbocycles. The topological polar surface area (TPSA) is 42.4 Å². The molecule has 1 aromatic carbocycles. The van der Waals surface area contributed by atoms with Crippen LogP contribution in [0.3, 0.4) is 0 Å². The summed E-state index contributed by atoms with van der Waals surface area (Å²) in [6.45, 7) is 9.24. The first-order valence-electron chi connectivity index (χ1n) is 8.94. The van der Waals surface area contributed by atoms with Gasteiger partial charge in [0.05, 0.1) is 15.6 Å². The van der Waals surface area contributed by atoms with Crippen LogP contribution in [0.1, 0.15) is 50.2 Å². The molecule has 1 aliphatic heterocycles. The van der Waals surface area contributed by atoms with Gasteiger partial charge in [-0.25, -0.2) is 9.78 Å². The molecule has 0 radical (unpaired) electrons. The highest BCUT2D eigenvalue weighted by atomic mass is 79.9. The van der Waals surface area contributed by atoms with Gasteiger partial charge in [0, 0.05) is 23.5 Å². The highest BCUT2D eigenvalue weighted by molar-refractivity contribution is 9.10. The first-order valence-corrected chi connectivity index (χ1v) is 10.5. The van der Waals surface area contributed by atoms with Crippen LogP contribution in [0.15, 0.2) is 28.7 Å². The second-order valence-electron chi connectivity index (χ2n) is 7.72. The summed E-state index contributed by atoms with van der Waals surface area (Å²) in [5.41, 5.74) is 1.85. The fraction of sp³-hybridized carbons (Fsp3) is 0.500. The van der Waals surface area contributed by atoms with E-state index in [1.54, 1.807) is 11.3 Å². The molecule has 2 aromatic rings. The third-order valence-corrected chi connectivity index (χ3v) is 6.31. The van der Waals surface area contributed by atoms with Gasteiger partial charge in [-0.3, -0.25) is 0 Å². The predicted molar refractivity (Wildman–Crippen MR) is 110 cm³/mol. The third kappa shape index (κ3) is 4.65. The summed E-state index contributed by atoms with van der Waals surface area (Å²) in [5.74, 6) is 0.418. The number of hydrogen-bond donors (Lipinski definition) is 0. The highest BCUT2D eigenvalue weighted by Gasteiger charge is 2.29. The van der Waals surface area contributed by atoms with E-state index in [0.717, 1.165) is 36.1 Å². The molecule has 1 fully saturated rings. The van der Waals surface area contributed by atoms with Crippen molar-refractivity contribution in [3.8, 4) is 10.4 Å². The maximum atomic E-state index is 12.2. The second-order valence-corrected chi connectivity index (χ2v) is 9.66. The van der Waals surface area contributed by atoms with Crippen LogP contribution in [0.5, 0.6) is 0 Å². The Balaban J connectivity index is 1.66. The summed E-state index contributed by atoms with van der Waals surface area (Å²) in [4.78, 5) is 20.1. The molecule has 140 valence electrons. The lowest BCUT2D eigenvalue weighted by Crippen LogP contribution is -2.41. The molecule has 3 rings (SSSR count). The Morgan fingerprint density at radius 2 is 1.85 bits per heavy atom. The molecule has 0 spiro atoms. The van der Waals surface area contributed by atoms with Crippen LogP contribution in [-0.2, 0) is 4.74 Å². The van der Waals surface area contributed by atoms with Crippen LogP contribution >= 0.6 is 27.3 Å². The number of halogens is 1. The smallest absolute Gasteiger partial charge is 0.410 e. The van der Waals surface area contributed by atoms with Crippen LogP contribution in [0.25, 0.3) is 10.4 Å². The monoisotopic (exact) mass is 436 g/mol. The summed E-state index contributed by atoms with van der Waals surface area (Å²) in [6.07, 6.45) is 1.67. The number of thiazole rings is 1. The van der Waals surface area contributed by atoms with Crippen molar-refractivity contribution in [3.05, 3.63) is 39.4 Å². The third-order valence-electron chi connectivity index (χ3n) is 4.42. The van der Waals surface area contributed by atoms with E-state index in [2.05, 4.69) is 47.1 Å². The minimum Gasteiger partial charge on any atom is -0.444 e. The average Bonchev–Trinajstić information content (AvgIpc) is 2.96. The van der Waals surface area contributed by atoms with Gasteiger partial charge in [0.25, 0.3) is 0 Å². The Kier molecular flexibility index (Phi) is 5.72. The Morgan fingerprint density at radius 1 is 1.23 bits per heavy atom. The van der Waals surface area contributed by atoms with Gasteiger partial charge in [0.15, 0.2) is 0 Å². The second kappa shape index (κ2) is 7.69. The zero-order valence-corrected chi connectivity index (χ0v) is 18.1. The molecule has 1 saturated heterocycles. The van der Waals surface area contributed by atoms with E-state index in [-0.39, 0.29) is 6.09 Å². The Labute approximate surface area is 167 Å². The number of rotatable bonds is 2. The van der Waals surface area contributed by atoms with Crippen LogP contribution in [-0.4, -0.2) is 34.7 Å². The Hall–Kier alpha value is -1.40. The molecule has 1 amide bonds. The average molecular weight is 437 g/mol. The number of ether oxygens (including phenoxy) is 1. The first-order chi connectivity index (χ1) is 12.2. The molecule has 26 heavy (non-hydrogen) atoms. The summed E-state index contributed by atoms with van der Waals surface area (Å²) in [7, 11) is 0. The molecule has 2 heterocycles. The fourth-order valence-corrected chi connectivity index (χ4v) is 4.60. The number of nitrogens with zero attached hydrogens (tertiary/aromatic N) is 2. The summed E-state index contributed by atoms with van der Waals surface area (Å²) < 4.78 is 6.56. The van der Waals surface area contributed by atoms with Crippen molar-refractivity contribution < 1.29 is 9.53 Å². The van der Waals surface area contributed by atoms with Crippen LogP contribution in [0, 0.1) is 6.92 Å². The van der Waals surface area contributed by atoms with Gasteiger partial charge < -0.3 is 9.64 Å². The van der Waals surface area contributed by atoms with Crippen LogP contribution in [0.2, 0.25) is 0 Å². The quantitative estimate of drug-likeness (QED) is 0.579. The van der Waals surface area contributed by atoms with Gasteiger partial charge in [-0.05, 0) is 58.2 Å². The lowest BCUT2D eigenvalue weighted by atomic mass is 9.98. The van der Waals surface area contributed by atoms with Crippen molar-refractivity contribution >= 4 is 33.4 Å². The van der Waals surface area contributed by atoms with E-state index < -0.39 is 5.60 Å². The molecule has 1 aliphatic rings. The molecule has 4 nitrogen and oxygen atoms in total. The van der Waals surface area contributed by atoms with Crippen molar-refractivity contribution in [1.82, 2.24) is 9.88 Å². The number of likely N-dealkylation sites (tertiary alicyclic amines) is 1. The standard InChI is InChI=1S/C20H25BrN2O2S/c1-13-17(14-5-7-16(21)8-6-14)26-18(22-13)15-9-11-23(12-10-15)19(24)25-20(2,3)4/h5-8,15H,9-12H2,1-4H3. The number of amides is 1. The van der Waals surface area contributed by atoms with Crippen molar-refractivity contribution in [3.63, 3.8) is 0 Å². The zero-order chi connectivity index (χ0) is 18.9. The fourth-order valence-electron chi connectivity index (χ4n) is 3.10. The minimum absolute atomic E-state index is 0.207. The molecule has 0 saturated carbocycles. The van der Waals surface area contributed by atoms with E-state index >= 15 is 0 Å². The van der Waals surface area contributed by atoms with Crippen molar-refractivity contribution in [1.29, 1.82) is 0 Å². The van der Waals surface area contributed by atoms with Gasteiger partial charge in [-0.1, -0.05) is 28.1 Å². The van der Waals surface area contributed by atoms with Crippen LogP contribution < -0.4 is 0 Å². The van der Waals surface area contributed by atoms with Gasteiger partial charge in [0.2, 0.25) is 0 Å². The number of piperidine rings is 1. The number of aryl methyl sites for hydroxylation is 1. The van der Waals surface area contributed by atoms with E-state index in [4.69, 9.17) is 9.72 Å². The summed E-state index contributed by atoms with van der Waals surface area (Å²) in [5, 5.41) is 1.18. The largest absolute Gasteiger partial charge is 0.444 e. The molecule has 6 heteroatoms. The molecular weight excluding hydrogens is 412 g/mol. The lowest BCUT2D eigenvalue weighted by molar-refractivity contribution is 0.0205. The Bertz CT molecular complexity index is 772. The number of hydrogen-bond acceptors (Lipinski definition) is 4. The molecule has 0 unspecified atom stereocenters. The Morgan fingerprint density at radius 3 is 2.42 bits per heavy atom. The number of carbonyl (C=O) groups is 1. The summed E-state index contributed by atoms with van der Waals surface area (Å²) in [6, 6.07) is 8.37. The molecule has 1 aromatic heterocycles. The van der Waals surface area contributed by atoms with Crippen LogP contribution in [0.4, 0.5) is 4.79 Å². The predicted octanol–water partition coefficient (Wildman–Crippen LogP) is 6.00. The lowest BCUT2D eigenvalue weighted by Gasteiger charge is -2.32. The number of benzene rings is 1. The van der Waals surface area contributed by atoms with E-state index in [9.17, 15) is 4.79 Å². The van der Waals surface area contributed by atoms with Gasteiger partial charge >= 0.3 is 6.09 Å². The zero-order valence-electron chi connectivity index (χ0n) is 15.7. The molecule has 0 bridgehead atoms. The van der Waals surface area contributed by atoms with E-state index in [1.165, 1.54) is 15.4 Å². The van der Waals surface area contributed by atoms with Gasteiger partial charge in [-0.2, -0.15) is 0 Å². The van der Waals surface area contributed by atoms with E-state index in [1.807, 2.05) is 25.7 Å². The normalized spacial score (nSPS) is 16.0. The van der Waals surface area contributed by atoms with Crippen molar-refractivity contribution in [2.45, 2.75) is 52.1 Å². The van der Waals surface area contributed by atoms with E-state index in [0.29, 0.717) is 5.92 Å². The first kappa shape index (κ1) is 19.4. The van der Waals surface area contributed by atoms with Crippen molar-refractivity contribution in [2.75, 3.05) is 13.1 Å². The SMILES string of the molecule is Cc1nc(C2CCN(C(=O)OC(C)(C)C)CC2)sc1-c1ccc(Br)cc1. The molecular formula is C20H25BrN2O2S. The van der Waals surface area contributed by atoms with Crippen molar-refractivity contribution in [2.24, 2.45) is 0 Å². The maximum absolute atomic E-state index is 12.2. The van der Waals surface area contributed by atoms with Gasteiger partial charge in [-0.15, -0.1) is 11.3 Å². The minimum atomic E-state index is -0.445. The number of aromatic nitrogens is 1. The molecule has 0 N–H and O–H groups in total. The van der Waals surface area contributed by atoms with Gasteiger partial charge in [0.1, 0.15) is 5.60 Å². The highest BCUT2D eigenvalue weighted by Crippen LogP contribution is 2.37. The maximum Gasteiger partial charge on any atom is 0.410 e. The number of carbonyl (C=O) groups excluding carboxylic acids is 1. The molecule has 0 atom stereocenters. The summed E-state index contributed by atoms with van der Waals surface area (Å²) >= 11 is 5.27.